The first-order chi connectivity index (χ1) is 11.2. The molecular weight excluding hydrogens is 294 g/mol. The maximum Gasteiger partial charge on any atom is 0.242 e. The number of carbonyl (C=O) groups excluding carboxylic acids is 2. The molecule has 0 aromatic heterocycles. The first-order valence-corrected chi connectivity index (χ1v) is 9.12. The van der Waals surface area contributed by atoms with E-state index in [1.54, 1.807) is 4.90 Å². The number of hydrogen-bond donors (Lipinski definition) is 0. The Morgan fingerprint density at radius 2 is 1.87 bits per heavy atom. The van der Waals surface area contributed by atoms with Gasteiger partial charge in [0.15, 0.2) is 0 Å². The van der Waals surface area contributed by atoms with Crippen LogP contribution in [0.5, 0.6) is 0 Å². The summed E-state index contributed by atoms with van der Waals surface area (Å²) >= 11 is 0. The quantitative estimate of drug-likeness (QED) is 0.765. The van der Waals surface area contributed by atoms with Gasteiger partial charge in [0.25, 0.3) is 0 Å². The molecule has 0 radical (unpaired) electrons. The van der Waals surface area contributed by atoms with E-state index in [0.29, 0.717) is 12.5 Å². The minimum Gasteiger partial charge on any atom is -0.377 e. The molecule has 1 atom stereocenters. The third kappa shape index (κ3) is 4.67. The molecule has 6 heteroatoms. The predicted molar refractivity (Wildman–Crippen MR) is 87.0 cm³/mol. The maximum absolute atomic E-state index is 12.5. The summed E-state index contributed by atoms with van der Waals surface area (Å²) in [5, 5.41) is 0. The van der Waals surface area contributed by atoms with Crippen LogP contribution in [0.15, 0.2) is 0 Å². The summed E-state index contributed by atoms with van der Waals surface area (Å²) in [5.74, 6) is 0.255. The molecular formula is C17H29N3O3. The van der Waals surface area contributed by atoms with E-state index >= 15 is 0 Å². The lowest BCUT2D eigenvalue weighted by molar-refractivity contribution is -0.141. The molecule has 3 aliphatic rings. The number of ether oxygens (including phenoxy) is 1. The highest BCUT2D eigenvalue weighted by molar-refractivity contribution is 5.85. The molecule has 0 bridgehead atoms. The average molecular weight is 323 g/mol. The molecule has 0 N–H and O–H groups in total. The Morgan fingerprint density at radius 1 is 1.04 bits per heavy atom. The fourth-order valence-electron chi connectivity index (χ4n) is 3.73. The largest absolute Gasteiger partial charge is 0.377 e. The molecule has 130 valence electrons. The van der Waals surface area contributed by atoms with Gasteiger partial charge in [-0.25, -0.2) is 0 Å². The molecule has 0 aromatic rings. The first-order valence-electron chi connectivity index (χ1n) is 9.12. The first kappa shape index (κ1) is 16.7. The molecule has 1 unspecified atom stereocenters. The van der Waals surface area contributed by atoms with E-state index in [2.05, 4.69) is 4.90 Å². The van der Waals surface area contributed by atoms with Crippen LogP contribution in [0.4, 0.5) is 0 Å². The molecule has 0 saturated carbocycles. The molecule has 0 aromatic carbocycles. The normalized spacial score (nSPS) is 27.3. The predicted octanol–water partition coefficient (Wildman–Crippen LogP) is 0.712. The second kappa shape index (κ2) is 8.11. The third-order valence-corrected chi connectivity index (χ3v) is 5.21. The van der Waals surface area contributed by atoms with Gasteiger partial charge in [-0.15, -0.1) is 0 Å². The molecule has 3 fully saturated rings. The summed E-state index contributed by atoms with van der Waals surface area (Å²) in [6, 6.07) is 0. The van der Waals surface area contributed by atoms with Gasteiger partial charge in [0.1, 0.15) is 0 Å². The lowest BCUT2D eigenvalue weighted by atomic mass is 10.2. The van der Waals surface area contributed by atoms with E-state index in [0.717, 1.165) is 71.6 Å². The highest BCUT2D eigenvalue weighted by atomic mass is 16.5. The summed E-state index contributed by atoms with van der Waals surface area (Å²) in [7, 11) is 0. The molecule has 6 nitrogen and oxygen atoms in total. The number of nitrogens with zero attached hydrogens (tertiary/aromatic N) is 3. The Balaban J connectivity index is 1.41. The monoisotopic (exact) mass is 323 g/mol. The number of carbonyl (C=O) groups is 2. The van der Waals surface area contributed by atoms with Crippen molar-refractivity contribution < 1.29 is 14.3 Å². The van der Waals surface area contributed by atoms with Crippen LogP contribution in [0.3, 0.4) is 0 Å². The van der Waals surface area contributed by atoms with Gasteiger partial charge in [-0.1, -0.05) is 6.42 Å². The van der Waals surface area contributed by atoms with Crippen molar-refractivity contribution in [2.45, 2.75) is 44.6 Å². The fraction of sp³-hybridized carbons (Fsp3) is 0.882. The lowest BCUT2D eigenvalue weighted by Gasteiger charge is -2.36. The van der Waals surface area contributed by atoms with Crippen LogP contribution >= 0.6 is 0 Å². The number of amides is 2. The molecule has 2 amide bonds. The maximum atomic E-state index is 12.5. The molecule has 3 saturated heterocycles. The van der Waals surface area contributed by atoms with E-state index in [9.17, 15) is 9.59 Å². The standard InChI is InChI=1S/C17H29N3O3/c21-16-6-2-1-3-7-20(16)14-17(22)19-10-8-18(9-11-19)13-15-5-4-12-23-15/h15H,1-14H2. The van der Waals surface area contributed by atoms with E-state index in [4.69, 9.17) is 4.74 Å². The smallest absolute Gasteiger partial charge is 0.242 e. The molecule has 0 aliphatic carbocycles. The molecule has 3 rings (SSSR count). The van der Waals surface area contributed by atoms with E-state index in [1.165, 1.54) is 6.42 Å². The lowest BCUT2D eigenvalue weighted by Crippen LogP contribution is -2.52. The van der Waals surface area contributed by atoms with Gasteiger partial charge in [-0.2, -0.15) is 0 Å². The van der Waals surface area contributed by atoms with E-state index < -0.39 is 0 Å². The number of rotatable bonds is 4. The van der Waals surface area contributed by atoms with Gasteiger partial charge in [0.05, 0.1) is 12.6 Å². The molecule has 3 aliphatic heterocycles. The average Bonchev–Trinajstić information content (AvgIpc) is 2.98. The van der Waals surface area contributed by atoms with Crippen molar-refractivity contribution in [1.82, 2.24) is 14.7 Å². The highest BCUT2D eigenvalue weighted by Crippen LogP contribution is 2.15. The van der Waals surface area contributed by atoms with Crippen LogP contribution in [-0.2, 0) is 14.3 Å². The second-order valence-corrected chi connectivity index (χ2v) is 6.94. The van der Waals surface area contributed by atoms with Gasteiger partial charge in [0.2, 0.25) is 11.8 Å². The van der Waals surface area contributed by atoms with Crippen molar-refractivity contribution in [2.24, 2.45) is 0 Å². The van der Waals surface area contributed by atoms with E-state index in [-0.39, 0.29) is 18.4 Å². The number of piperazine rings is 1. The number of hydrogen-bond acceptors (Lipinski definition) is 4. The zero-order valence-electron chi connectivity index (χ0n) is 14.0. The van der Waals surface area contributed by atoms with Gasteiger partial charge in [-0.3, -0.25) is 14.5 Å². The van der Waals surface area contributed by atoms with Crippen LogP contribution in [0, 0.1) is 0 Å². The Labute approximate surface area is 138 Å². The molecule has 0 spiro atoms. The van der Waals surface area contributed by atoms with Crippen LogP contribution in [0.2, 0.25) is 0 Å². The van der Waals surface area contributed by atoms with Crippen molar-refractivity contribution >= 4 is 11.8 Å². The zero-order valence-corrected chi connectivity index (χ0v) is 14.0. The second-order valence-electron chi connectivity index (χ2n) is 6.94. The van der Waals surface area contributed by atoms with Crippen molar-refractivity contribution in [3.05, 3.63) is 0 Å². The van der Waals surface area contributed by atoms with Crippen molar-refractivity contribution in [1.29, 1.82) is 0 Å². The Hall–Kier alpha value is -1.14. The minimum absolute atomic E-state index is 0.108. The summed E-state index contributed by atoms with van der Waals surface area (Å²) in [4.78, 5) is 30.6. The number of likely N-dealkylation sites (tertiary alicyclic amines) is 1. The van der Waals surface area contributed by atoms with E-state index in [1.807, 2.05) is 4.90 Å². The summed E-state index contributed by atoms with van der Waals surface area (Å²) in [6.45, 7) is 6.27. The Kier molecular flexibility index (Phi) is 5.89. The minimum atomic E-state index is 0.108. The summed E-state index contributed by atoms with van der Waals surface area (Å²) in [5.41, 5.74) is 0. The van der Waals surface area contributed by atoms with Gasteiger partial charge in [0, 0.05) is 52.3 Å². The van der Waals surface area contributed by atoms with Gasteiger partial charge in [-0.05, 0) is 25.7 Å². The fourth-order valence-corrected chi connectivity index (χ4v) is 3.73. The van der Waals surface area contributed by atoms with Gasteiger partial charge < -0.3 is 14.5 Å². The van der Waals surface area contributed by atoms with Crippen LogP contribution in [-0.4, -0.2) is 85.0 Å². The molecule has 23 heavy (non-hydrogen) atoms. The highest BCUT2D eigenvalue weighted by Gasteiger charge is 2.27. The van der Waals surface area contributed by atoms with Gasteiger partial charge >= 0.3 is 0 Å². The Bertz CT molecular complexity index is 415. The molecule has 3 heterocycles. The van der Waals surface area contributed by atoms with Crippen molar-refractivity contribution in [3.8, 4) is 0 Å². The third-order valence-electron chi connectivity index (χ3n) is 5.21. The van der Waals surface area contributed by atoms with Crippen molar-refractivity contribution in [3.63, 3.8) is 0 Å². The van der Waals surface area contributed by atoms with Crippen LogP contribution < -0.4 is 0 Å². The topological polar surface area (TPSA) is 53.1 Å². The SMILES string of the molecule is O=C(CN1CCCCCC1=O)N1CCN(CC2CCCO2)CC1. The van der Waals surface area contributed by atoms with Crippen LogP contribution in [0.25, 0.3) is 0 Å². The van der Waals surface area contributed by atoms with Crippen molar-refractivity contribution in [2.75, 3.05) is 52.4 Å². The summed E-state index contributed by atoms with van der Waals surface area (Å²) in [6.07, 6.45) is 6.40. The Morgan fingerprint density at radius 3 is 2.61 bits per heavy atom. The zero-order chi connectivity index (χ0) is 16.1. The summed E-state index contributed by atoms with van der Waals surface area (Å²) < 4.78 is 5.69. The van der Waals surface area contributed by atoms with Crippen LogP contribution in [0.1, 0.15) is 38.5 Å².